The zero-order valence-electron chi connectivity index (χ0n) is 18.8. The lowest BCUT2D eigenvalue weighted by Gasteiger charge is -2.26. The molecule has 1 saturated heterocycles. The molecule has 4 rings (SSSR count). The van der Waals surface area contributed by atoms with Gasteiger partial charge in [-0.05, 0) is 48.6 Å². The normalized spacial score (nSPS) is 14.6. The molecule has 1 aromatic heterocycles. The monoisotopic (exact) mass is 434 g/mol. The number of nitrogens with zero attached hydrogens (tertiary/aromatic N) is 1. The maximum atomic E-state index is 12.4. The zero-order chi connectivity index (χ0) is 22.5. The lowest BCUT2D eigenvalue weighted by atomic mass is 10.0. The summed E-state index contributed by atoms with van der Waals surface area (Å²) in [5.41, 5.74) is 5.06. The molecule has 0 unspecified atom stereocenters. The van der Waals surface area contributed by atoms with E-state index in [1.165, 1.54) is 5.56 Å². The molecule has 1 N–H and O–H groups in total. The van der Waals surface area contributed by atoms with Gasteiger partial charge in [0.1, 0.15) is 5.58 Å². The number of fused-ring (bicyclic) bond motifs is 1. The zero-order valence-corrected chi connectivity index (χ0v) is 18.8. The largest absolute Gasteiger partial charge is 0.423 e. The van der Waals surface area contributed by atoms with Crippen molar-refractivity contribution >= 4 is 16.9 Å². The first-order valence-corrected chi connectivity index (χ1v) is 11.2. The Kier molecular flexibility index (Phi) is 7.02. The van der Waals surface area contributed by atoms with E-state index >= 15 is 0 Å². The van der Waals surface area contributed by atoms with Crippen LogP contribution in [0.5, 0.6) is 0 Å². The first-order chi connectivity index (χ1) is 15.5. The Hall–Kier alpha value is -2.96. The summed E-state index contributed by atoms with van der Waals surface area (Å²) in [6.45, 7) is 8.80. The van der Waals surface area contributed by atoms with Crippen molar-refractivity contribution in [1.29, 1.82) is 0 Å². The molecule has 32 heavy (non-hydrogen) atoms. The number of nitrogens with one attached hydrogen (secondary N) is 1. The van der Waals surface area contributed by atoms with Gasteiger partial charge >= 0.3 is 5.63 Å². The summed E-state index contributed by atoms with van der Waals surface area (Å²) in [6.07, 6.45) is 0.611. The highest BCUT2D eigenvalue weighted by molar-refractivity contribution is 5.82. The molecule has 168 valence electrons. The molecule has 0 saturated carbocycles. The molecular weight excluding hydrogens is 404 g/mol. The average Bonchev–Trinajstić information content (AvgIpc) is 2.79. The van der Waals surface area contributed by atoms with Gasteiger partial charge in [-0.15, -0.1) is 0 Å². The van der Waals surface area contributed by atoms with Crippen LogP contribution in [0.2, 0.25) is 0 Å². The molecule has 1 aliphatic rings. The fraction of sp³-hybridized carbons (Fsp3) is 0.385. The van der Waals surface area contributed by atoms with Crippen molar-refractivity contribution in [2.45, 2.75) is 39.8 Å². The van der Waals surface area contributed by atoms with Crippen LogP contribution in [0.1, 0.15) is 34.2 Å². The molecule has 0 radical (unpaired) electrons. The van der Waals surface area contributed by atoms with Crippen LogP contribution >= 0.6 is 0 Å². The summed E-state index contributed by atoms with van der Waals surface area (Å²) in [6, 6.07) is 14.2. The van der Waals surface area contributed by atoms with Gasteiger partial charge in [-0.3, -0.25) is 9.69 Å². The van der Waals surface area contributed by atoms with Gasteiger partial charge in [-0.25, -0.2) is 4.79 Å². The second-order valence-corrected chi connectivity index (χ2v) is 8.47. The molecular formula is C26H30N2O4. The van der Waals surface area contributed by atoms with Gasteiger partial charge in [-0.1, -0.05) is 36.4 Å². The number of rotatable bonds is 7. The highest BCUT2D eigenvalue weighted by Crippen LogP contribution is 2.21. The molecule has 1 aliphatic heterocycles. The quantitative estimate of drug-likeness (QED) is 0.577. The van der Waals surface area contributed by atoms with E-state index in [-0.39, 0.29) is 18.0 Å². The first kappa shape index (κ1) is 22.2. The highest BCUT2D eigenvalue weighted by Gasteiger charge is 2.14. The molecule has 0 spiro atoms. The number of ether oxygens (including phenoxy) is 1. The molecule has 0 aliphatic carbocycles. The number of hydrogen-bond acceptors (Lipinski definition) is 5. The molecule has 0 bridgehead atoms. The number of amides is 1. The van der Waals surface area contributed by atoms with E-state index in [0.29, 0.717) is 24.1 Å². The Morgan fingerprint density at radius 2 is 1.75 bits per heavy atom. The van der Waals surface area contributed by atoms with E-state index in [1.807, 2.05) is 32.0 Å². The molecule has 1 fully saturated rings. The van der Waals surface area contributed by atoms with E-state index in [2.05, 4.69) is 34.5 Å². The first-order valence-electron chi connectivity index (χ1n) is 11.2. The van der Waals surface area contributed by atoms with Gasteiger partial charge in [-0.2, -0.15) is 0 Å². The third kappa shape index (κ3) is 5.44. The van der Waals surface area contributed by atoms with Gasteiger partial charge in [0.2, 0.25) is 5.91 Å². The van der Waals surface area contributed by atoms with E-state index in [9.17, 15) is 9.59 Å². The standard InChI is InChI=1S/C26H30N2O4/c1-18-3-8-22-19(2)23(26(30)32-24(22)15-18)9-10-25(29)27-16-20-4-6-21(7-5-20)17-28-11-13-31-14-12-28/h3-8,15H,9-14,16-17H2,1-2H3,(H,27,29). The van der Waals surface area contributed by atoms with Crippen molar-refractivity contribution in [3.05, 3.63) is 80.7 Å². The van der Waals surface area contributed by atoms with Crippen molar-refractivity contribution in [3.8, 4) is 0 Å². The van der Waals surface area contributed by atoms with E-state index in [1.54, 1.807) is 0 Å². The lowest BCUT2D eigenvalue weighted by Crippen LogP contribution is -2.35. The Morgan fingerprint density at radius 1 is 1.03 bits per heavy atom. The molecule has 2 aromatic carbocycles. The van der Waals surface area contributed by atoms with Crippen LogP contribution in [0, 0.1) is 13.8 Å². The molecule has 0 atom stereocenters. The smallest absolute Gasteiger partial charge is 0.339 e. The second-order valence-electron chi connectivity index (χ2n) is 8.47. The van der Waals surface area contributed by atoms with E-state index in [0.717, 1.165) is 54.9 Å². The van der Waals surface area contributed by atoms with Crippen LogP contribution in [0.4, 0.5) is 0 Å². The Bertz CT molecular complexity index is 1140. The van der Waals surface area contributed by atoms with Crippen molar-refractivity contribution in [2.75, 3.05) is 26.3 Å². The summed E-state index contributed by atoms with van der Waals surface area (Å²) in [5.74, 6) is -0.0785. The number of aryl methyl sites for hydroxylation is 2. The molecule has 3 aromatic rings. The molecule has 2 heterocycles. The summed E-state index contributed by atoms with van der Waals surface area (Å²) in [7, 11) is 0. The minimum absolute atomic E-state index is 0.0785. The predicted molar refractivity (Wildman–Crippen MR) is 125 cm³/mol. The number of hydrogen-bond donors (Lipinski definition) is 1. The van der Waals surface area contributed by atoms with Crippen LogP contribution in [0.3, 0.4) is 0 Å². The van der Waals surface area contributed by atoms with Crippen molar-refractivity contribution in [2.24, 2.45) is 0 Å². The second kappa shape index (κ2) is 10.1. The SMILES string of the molecule is Cc1ccc2c(C)c(CCC(=O)NCc3ccc(CN4CCOCC4)cc3)c(=O)oc2c1. The van der Waals surface area contributed by atoms with Gasteiger partial charge in [0.05, 0.1) is 13.2 Å². The van der Waals surface area contributed by atoms with Crippen molar-refractivity contribution in [1.82, 2.24) is 10.2 Å². The third-order valence-electron chi connectivity index (χ3n) is 6.07. The van der Waals surface area contributed by atoms with Crippen LogP contribution in [-0.4, -0.2) is 37.1 Å². The Labute approximate surface area is 188 Å². The van der Waals surface area contributed by atoms with Crippen LogP contribution in [0.25, 0.3) is 11.0 Å². The lowest BCUT2D eigenvalue weighted by molar-refractivity contribution is -0.121. The summed E-state index contributed by atoms with van der Waals surface area (Å²) in [5, 5.41) is 3.87. The van der Waals surface area contributed by atoms with Gasteiger partial charge in [0.15, 0.2) is 0 Å². The molecule has 6 heteroatoms. The molecule has 1 amide bonds. The van der Waals surface area contributed by atoms with Gasteiger partial charge in [0, 0.05) is 43.5 Å². The van der Waals surface area contributed by atoms with Crippen molar-refractivity contribution < 1.29 is 13.9 Å². The van der Waals surface area contributed by atoms with Crippen LogP contribution in [-0.2, 0) is 29.0 Å². The van der Waals surface area contributed by atoms with Crippen LogP contribution in [0.15, 0.2) is 51.7 Å². The maximum absolute atomic E-state index is 12.4. The minimum Gasteiger partial charge on any atom is -0.423 e. The summed E-state index contributed by atoms with van der Waals surface area (Å²) in [4.78, 5) is 27.2. The fourth-order valence-electron chi connectivity index (χ4n) is 4.10. The van der Waals surface area contributed by atoms with Gasteiger partial charge in [0.25, 0.3) is 0 Å². The summed E-state index contributed by atoms with van der Waals surface area (Å²) >= 11 is 0. The molecule has 6 nitrogen and oxygen atoms in total. The van der Waals surface area contributed by atoms with Gasteiger partial charge < -0.3 is 14.5 Å². The fourth-order valence-corrected chi connectivity index (χ4v) is 4.10. The minimum atomic E-state index is -0.357. The number of morpholine rings is 1. The number of carbonyl (C=O) groups excluding carboxylic acids is 1. The van der Waals surface area contributed by atoms with E-state index < -0.39 is 0 Å². The van der Waals surface area contributed by atoms with E-state index in [4.69, 9.17) is 9.15 Å². The topological polar surface area (TPSA) is 71.8 Å². The Morgan fingerprint density at radius 3 is 2.50 bits per heavy atom. The maximum Gasteiger partial charge on any atom is 0.339 e. The van der Waals surface area contributed by atoms with Crippen LogP contribution < -0.4 is 10.9 Å². The Balaban J connectivity index is 1.30. The number of benzene rings is 2. The summed E-state index contributed by atoms with van der Waals surface area (Å²) < 4.78 is 10.9. The third-order valence-corrected chi connectivity index (χ3v) is 6.07. The highest BCUT2D eigenvalue weighted by atomic mass is 16.5. The number of carbonyl (C=O) groups is 1. The van der Waals surface area contributed by atoms with Crippen molar-refractivity contribution in [3.63, 3.8) is 0 Å². The average molecular weight is 435 g/mol. The predicted octanol–water partition coefficient (Wildman–Crippen LogP) is 3.49.